The van der Waals surface area contributed by atoms with Crippen LogP contribution in [0.15, 0.2) is 48.5 Å². The summed E-state index contributed by atoms with van der Waals surface area (Å²) in [6.45, 7) is 6.56. The van der Waals surface area contributed by atoms with Gasteiger partial charge in [0.1, 0.15) is 18.4 Å². The smallest absolute Gasteiger partial charge is 0.244 e. The summed E-state index contributed by atoms with van der Waals surface area (Å²) in [6, 6.07) is 11.8. The Bertz CT molecular complexity index is 1070. The quantitative estimate of drug-likeness (QED) is 0.620. The molecule has 1 atom stereocenters. The topological polar surface area (TPSA) is 86.8 Å². The molecule has 0 spiro atoms. The largest absolute Gasteiger partial charge is 0.352 e. The number of para-hydroxylation sites is 1. The lowest BCUT2D eigenvalue weighted by Crippen LogP contribution is -2.52. The van der Waals surface area contributed by atoms with E-state index in [0.717, 1.165) is 27.8 Å². The number of nitrogens with one attached hydrogen (secondary N) is 1. The van der Waals surface area contributed by atoms with Crippen LogP contribution >= 0.6 is 0 Å². The van der Waals surface area contributed by atoms with Crippen LogP contribution in [0.25, 0.3) is 0 Å². The van der Waals surface area contributed by atoms with Crippen molar-refractivity contribution in [1.29, 1.82) is 0 Å². The Morgan fingerprint density at radius 3 is 2.19 bits per heavy atom. The van der Waals surface area contributed by atoms with Gasteiger partial charge in [0, 0.05) is 12.6 Å². The van der Waals surface area contributed by atoms with Crippen molar-refractivity contribution in [2.24, 2.45) is 0 Å². The highest BCUT2D eigenvalue weighted by Gasteiger charge is 2.31. The van der Waals surface area contributed by atoms with Gasteiger partial charge in [-0.05, 0) is 51.0 Å². The van der Waals surface area contributed by atoms with E-state index >= 15 is 0 Å². The molecule has 0 aromatic heterocycles. The predicted octanol–water partition coefficient (Wildman–Crippen LogP) is 2.84. The Morgan fingerprint density at radius 1 is 1.03 bits per heavy atom. The van der Waals surface area contributed by atoms with E-state index in [1.54, 1.807) is 6.92 Å². The van der Waals surface area contributed by atoms with Gasteiger partial charge in [-0.1, -0.05) is 36.4 Å². The van der Waals surface area contributed by atoms with Gasteiger partial charge in [0.05, 0.1) is 11.9 Å². The number of aryl methyl sites for hydroxylation is 1. The van der Waals surface area contributed by atoms with E-state index in [1.807, 2.05) is 45.0 Å². The molecule has 9 heteroatoms. The van der Waals surface area contributed by atoms with E-state index in [2.05, 4.69) is 5.32 Å². The molecular weight excluding hydrogens is 433 g/mol. The van der Waals surface area contributed by atoms with E-state index in [9.17, 15) is 22.4 Å². The number of carbonyl (C=O) groups is 2. The molecule has 0 aliphatic heterocycles. The molecule has 0 fully saturated rings. The van der Waals surface area contributed by atoms with Crippen molar-refractivity contribution in [3.05, 3.63) is 65.5 Å². The van der Waals surface area contributed by atoms with Crippen molar-refractivity contribution < 1.29 is 22.4 Å². The van der Waals surface area contributed by atoms with Crippen LogP contribution in [0, 0.1) is 12.7 Å². The van der Waals surface area contributed by atoms with Crippen LogP contribution in [0.2, 0.25) is 0 Å². The molecule has 32 heavy (non-hydrogen) atoms. The Hall–Kier alpha value is -2.94. The number of hydrogen-bond acceptors (Lipinski definition) is 4. The van der Waals surface area contributed by atoms with Crippen LogP contribution in [0.4, 0.5) is 10.1 Å². The van der Waals surface area contributed by atoms with Crippen LogP contribution in [0.5, 0.6) is 0 Å². The minimum Gasteiger partial charge on any atom is -0.352 e. The first-order valence-corrected chi connectivity index (χ1v) is 12.1. The fraction of sp³-hybridized carbons (Fsp3) is 0.391. The van der Waals surface area contributed by atoms with Gasteiger partial charge in [-0.15, -0.1) is 0 Å². The van der Waals surface area contributed by atoms with Crippen LogP contribution in [0.3, 0.4) is 0 Å². The molecule has 174 valence electrons. The minimum atomic E-state index is -3.97. The van der Waals surface area contributed by atoms with Crippen molar-refractivity contribution in [2.75, 3.05) is 17.1 Å². The predicted molar refractivity (Wildman–Crippen MR) is 123 cm³/mol. The van der Waals surface area contributed by atoms with Crippen LogP contribution < -0.4 is 9.62 Å². The highest BCUT2D eigenvalue weighted by atomic mass is 32.2. The van der Waals surface area contributed by atoms with Gasteiger partial charge in [0.2, 0.25) is 21.8 Å². The van der Waals surface area contributed by atoms with Gasteiger partial charge in [-0.2, -0.15) is 0 Å². The Labute approximate surface area is 189 Å². The number of carbonyl (C=O) groups excluding carboxylic acids is 2. The fourth-order valence-electron chi connectivity index (χ4n) is 3.21. The lowest BCUT2D eigenvalue weighted by molar-refractivity contribution is -0.139. The maximum absolute atomic E-state index is 14.4. The number of sulfonamides is 1. The number of hydrogen-bond donors (Lipinski definition) is 1. The Kier molecular flexibility index (Phi) is 8.38. The first-order valence-electron chi connectivity index (χ1n) is 10.3. The van der Waals surface area contributed by atoms with Gasteiger partial charge in [0.15, 0.2) is 0 Å². The van der Waals surface area contributed by atoms with Gasteiger partial charge in [-0.3, -0.25) is 13.9 Å². The SMILES string of the molecule is Cc1ccccc1CN(C(=O)CN(c1ccccc1F)S(C)(=O)=O)[C@H](C)C(=O)NC(C)C. The molecule has 0 heterocycles. The Balaban J connectivity index is 2.42. The molecule has 2 aromatic rings. The van der Waals surface area contributed by atoms with E-state index in [4.69, 9.17) is 0 Å². The van der Waals surface area contributed by atoms with Gasteiger partial charge in [-0.25, -0.2) is 12.8 Å². The van der Waals surface area contributed by atoms with E-state index in [0.29, 0.717) is 0 Å². The summed E-state index contributed by atoms with van der Waals surface area (Å²) in [5.74, 6) is -1.74. The second kappa shape index (κ2) is 10.6. The molecule has 1 N–H and O–H groups in total. The van der Waals surface area contributed by atoms with Gasteiger partial charge in [0.25, 0.3) is 0 Å². The zero-order valence-electron chi connectivity index (χ0n) is 19.0. The maximum Gasteiger partial charge on any atom is 0.244 e. The summed E-state index contributed by atoms with van der Waals surface area (Å²) in [5, 5.41) is 2.78. The highest BCUT2D eigenvalue weighted by Crippen LogP contribution is 2.22. The van der Waals surface area contributed by atoms with Crippen molar-refractivity contribution >= 4 is 27.5 Å². The number of anilines is 1. The van der Waals surface area contributed by atoms with Crippen molar-refractivity contribution in [3.8, 4) is 0 Å². The molecule has 2 amide bonds. The molecule has 7 nitrogen and oxygen atoms in total. The minimum absolute atomic E-state index is 0.104. The fourth-order valence-corrected chi connectivity index (χ4v) is 4.06. The third kappa shape index (κ3) is 6.53. The molecule has 0 radical (unpaired) electrons. The standard InChI is InChI=1S/C23H30FN3O4S/c1-16(2)25-23(29)18(4)26(14-19-11-7-6-10-17(19)3)22(28)15-27(32(5,30)31)21-13-9-8-12-20(21)24/h6-13,16,18H,14-15H2,1-5H3,(H,25,29)/t18-/m1/s1. The molecule has 2 rings (SSSR count). The molecule has 0 aliphatic rings. The number of nitrogens with zero attached hydrogens (tertiary/aromatic N) is 2. The molecule has 2 aromatic carbocycles. The normalized spacial score (nSPS) is 12.3. The summed E-state index contributed by atoms with van der Waals surface area (Å²) >= 11 is 0. The molecule has 0 saturated heterocycles. The second-order valence-electron chi connectivity index (χ2n) is 8.01. The van der Waals surface area contributed by atoms with Crippen molar-refractivity contribution in [2.45, 2.75) is 46.3 Å². The lowest BCUT2D eigenvalue weighted by atomic mass is 10.1. The van der Waals surface area contributed by atoms with Gasteiger partial charge >= 0.3 is 0 Å². The highest BCUT2D eigenvalue weighted by molar-refractivity contribution is 7.92. The monoisotopic (exact) mass is 463 g/mol. The summed E-state index contributed by atoms with van der Waals surface area (Å²) in [7, 11) is -3.97. The van der Waals surface area contributed by atoms with Gasteiger partial charge < -0.3 is 10.2 Å². The van der Waals surface area contributed by atoms with Crippen LogP contribution in [0.1, 0.15) is 31.9 Å². The third-order valence-electron chi connectivity index (χ3n) is 5.00. The average molecular weight is 464 g/mol. The zero-order chi connectivity index (χ0) is 24.1. The van der Waals surface area contributed by atoms with Crippen LogP contribution in [-0.2, 0) is 26.2 Å². The summed E-state index contributed by atoms with van der Waals surface area (Å²) < 4.78 is 39.9. The van der Waals surface area contributed by atoms with Crippen molar-refractivity contribution in [1.82, 2.24) is 10.2 Å². The summed E-state index contributed by atoms with van der Waals surface area (Å²) in [4.78, 5) is 27.4. The van der Waals surface area contributed by atoms with Crippen molar-refractivity contribution in [3.63, 3.8) is 0 Å². The summed E-state index contributed by atoms with van der Waals surface area (Å²) in [6.07, 6.45) is 0.910. The number of rotatable bonds is 9. The number of amides is 2. The van der Waals surface area contributed by atoms with E-state index < -0.39 is 34.3 Å². The first-order chi connectivity index (χ1) is 14.9. The third-order valence-corrected chi connectivity index (χ3v) is 6.13. The van der Waals surface area contributed by atoms with E-state index in [1.165, 1.54) is 23.1 Å². The summed E-state index contributed by atoms with van der Waals surface area (Å²) in [5.41, 5.74) is 1.52. The Morgan fingerprint density at radius 2 is 1.62 bits per heavy atom. The first kappa shape index (κ1) is 25.3. The molecular formula is C23H30FN3O4S. The average Bonchev–Trinajstić information content (AvgIpc) is 2.70. The molecule has 0 unspecified atom stereocenters. The molecule has 0 saturated carbocycles. The molecule has 0 bridgehead atoms. The van der Waals surface area contributed by atoms with E-state index in [-0.39, 0.29) is 24.2 Å². The van der Waals surface area contributed by atoms with Crippen LogP contribution in [-0.4, -0.2) is 50.0 Å². The number of benzene rings is 2. The molecule has 0 aliphatic carbocycles. The zero-order valence-corrected chi connectivity index (χ0v) is 19.8. The number of halogens is 1. The second-order valence-corrected chi connectivity index (χ2v) is 9.92. The maximum atomic E-state index is 14.4. The lowest BCUT2D eigenvalue weighted by Gasteiger charge is -2.32.